The molecule has 2 N–H and O–H groups in total. The number of methoxy groups -OCH3 is 1. The maximum absolute atomic E-state index is 12.6. The molecule has 0 saturated carbocycles. The summed E-state index contributed by atoms with van der Waals surface area (Å²) in [5, 5.41) is 0. The standard InChI is InChI=1S/C18H27N3O3/c1-13(2)11-16(19)18(23)21-9-7-20(8-10-21)17(22)14-5-4-6-15(12-14)24-3/h4-6,12-13,16H,7-11,19H2,1-3H3/t16-/m0/s1. The van der Waals surface area contributed by atoms with Crippen LogP contribution in [0.4, 0.5) is 0 Å². The number of nitrogens with zero attached hydrogens (tertiary/aromatic N) is 2. The van der Waals surface area contributed by atoms with Gasteiger partial charge in [0, 0.05) is 31.7 Å². The van der Waals surface area contributed by atoms with E-state index in [2.05, 4.69) is 13.8 Å². The molecule has 1 fully saturated rings. The van der Waals surface area contributed by atoms with Gasteiger partial charge in [-0.2, -0.15) is 0 Å². The molecule has 6 heteroatoms. The van der Waals surface area contributed by atoms with Gasteiger partial charge in [0.15, 0.2) is 0 Å². The quantitative estimate of drug-likeness (QED) is 0.882. The molecule has 132 valence electrons. The van der Waals surface area contributed by atoms with Gasteiger partial charge in [0.1, 0.15) is 5.75 Å². The highest BCUT2D eigenvalue weighted by atomic mass is 16.5. The van der Waals surface area contributed by atoms with E-state index in [1.54, 1.807) is 35.1 Å². The van der Waals surface area contributed by atoms with E-state index in [0.717, 1.165) is 0 Å². The molecule has 0 unspecified atom stereocenters. The van der Waals surface area contributed by atoms with Gasteiger partial charge in [0.25, 0.3) is 5.91 Å². The van der Waals surface area contributed by atoms with Gasteiger partial charge >= 0.3 is 0 Å². The molecule has 1 aliphatic heterocycles. The fourth-order valence-electron chi connectivity index (χ4n) is 2.91. The maximum Gasteiger partial charge on any atom is 0.254 e. The van der Waals surface area contributed by atoms with Crippen LogP contribution >= 0.6 is 0 Å². The number of nitrogens with two attached hydrogens (primary N) is 1. The predicted molar refractivity (Wildman–Crippen MR) is 92.9 cm³/mol. The van der Waals surface area contributed by atoms with E-state index in [1.165, 1.54) is 0 Å². The van der Waals surface area contributed by atoms with Crippen LogP contribution in [0.5, 0.6) is 5.75 Å². The lowest BCUT2D eigenvalue weighted by atomic mass is 10.0. The number of carbonyl (C=O) groups excluding carboxylic acids is 2. The molecule has 1 aliphatic rings. The first-order valence-electron chi connectivity index (χ1n) is 8.40. The van der Waals surface area contributed by atoms with Gasteiger partial charge in [-0.25, -0.2) is 0 Å². The second-order valence-electron chi connectivity index (χ2n) is 6.59. The largest absolute Gasteiger partial charge is 0.497 e. The lowest BCUT2D eigenvalue weighted by molar-refractivity contribution is -0.134. The Morgan fingerprint density at radius 1 is 1.17 bits per heavy atom. The van der Waals surface area contributed by atoms with E-state index in [0.29, 0.717) is 49.8 Å². The summed E-state index contributed by atoms with van der Waals surface area (Å²) >= 11 is 0. The lowest BCUT2D eigenvalue weighted by Crippen LogP contribution is -2.54. The summed E-state index contributed by atoms with van der Waals surface area (Å²) in [6.07, 6.45) is 0.682. The Labute approximate surface area is 143 Å². The Balaban J connectivity index is 1.92. The van der Waals surface area contributed by atoms with E-state index in [1.807, 2.05) is 6.07 Å². The summed E-state index contributed by atoms with van der Waals surface area (Å²) in [5.41, 5.74) is 6.58. The fraction of sp³-hybridized carbons (Fsp3) is 0.556. The van der Waals surface area contributed by atoms with Gasteiger partial charge in [0.05, 0.1) is 13.2 Å². The van der Waals surface area contributed by atoms with Crippen molar-refractivity contribution in [2.45, 2.75) is 26.3 Å². The zero-order valence-electron chi connectivity index (χ0n) is 14.7. The van der Waals surface area contributed by atoms with Crippen LogP contribution in [-0.2, 0) is 4.79 Å². The number of ether oxygens (including phenoxy) is 1. The third-order valence-electron chi connectivity index (χ3n) is 4.24. The number of piperazine rings is 1. The molecule has 0 aliphatic carbocycles. The predicted octanol–water partition coefficient (Wildman–Crippen LogP) is 1.35. The van der Waals surface area contributed by atoms with E-state index < -0.39 is 6.04 Å². The lowest BCUT2D eigenvalue weighted by Gasteiger charge is -2.36. The molecular weight excluding hydrogens is 306 g/mol. The van der Waals surface area contributed by atoms with E-state index in [-0.39, 0.29) is 11.8 Å². The molecule has 0 radical (unpaired) electrons. The van der Waals surface area contributed by atoms with Gasteiger partial charge in [-0.1, -0.05) is 19.9 Å². The zero-order chi connectivity index (χ0) is 17.7. The van der Waals surface area contributed by atoms with E-state index in [4.69, 9.17) is 10.5 Å². The van der Waals surface area contributed by atoms with Crippen LogP contribution in [-0.4, -0.2) is 60.9 Å². The number of rotatable bonds is 5. The number of carbonyl (C=O) groups is 2. The van der Waals surface area contributed by atoms with Gasteiger partial charge < -0.3 is 20.3 Å². The minimum Gasteiger partial charge on any atom is -0.497 e. The van der Waals surface area contributed by atoms with Crippen LogP contribution in [0, 0.1) is 5.92 Å². The van der Waals surface area contributed by atoms with Crippen molar-refractivity contribution in [3.05, 3.63) is 29.8 Å². The van der Waals surface area contributed by atoms with Crippen LogP contribution in [0.1, 0.15) is 30.6 Å². The summed E-state index contributed by atoms with van der Waals surface area (Å²) in [7, 11) is 1.58. The molecule has 1 atom stereocenters. The van der Waals surface area contributed by atoms with Crippen molar-refractivity contribution in [1.82, 2.24) is 9.80 Å². The topological polar surface area (TPSA) is 75.9 Å². The Morgan fingerprint density at radius 3 is 2.38 bits per heavy atom. The Hall–Kier alpha value is -2.08. The smallest absolute Gasteiger partial charge is 0.254 e. The van der Waals surface area contributed by atoms with Crippen molar-refractivity contribution in [3.8, 4) is 5.75 Å². The average Bonchev–Trinajstić information content (AvgIpc) is 2.60. The molecule has 1 heterocycles. The highest BCUT2D eigenvalue weighted by molar-refractivity contribution is 5.94. The number of hydrogen-bond acceptors (Lipinski definition) is 4. The molecule has 0 bridgehead atoms. The third-order valence-corrected chi connectivity index (χ3v) is 4.24. The molecule has 6 nitrogen and oxygen atoms in total. The molecule has 1 aromatic carbocycles. The third kappa shape index (κ3) is 4.47. The van der Waals surface area contributed by atoms with Crippen molar-refractivity contribution >= 4 is 11.8 Å². The molecule has 0 spiro atoms. The SMILES string of the molecule is COc1cccc(C(=O)N2CCN(C(=O)[C@@H](N)CC(C)C)CC2)c1. The number of amides is 2. The van der Waals surface area contributed by atoms with Crippen LogP contribution in [0.3, 0.4) is 0 Å². The minimum absolute atomic E-state index is 0.0165. The second-order valence-corrected chi connectivity index (χ2v) is 6.59. The van der Waals surface area contributed by atoms with Crippen molar-refractivity contribution < 1.29 is 14.3 Å². The van der Waals surface area contributed by atoms with Gasteiger partial charge in [0.2, 0.25) is 5.91 Å². The van der Waals surface area contributed by atoms with Gasteiger partial charge in [-0.3, -0.25) is 9.59 Å². The van der Waals surface area contributed by atoms with Crippen LogP contribution in [0.2, 0.25) is 0 Å². The van der Waals surface area contributed by atoms with Gasteiger partial charge in [-0.05, 0) is 30.5 Å². The number of benzene rings is 1. The first kappa shape index (κ1) is 18.3. The van der Waals surface area contributed by atoms with Crippen molar-refractivity contribution in [3.63, 3.8) is 0 Å². The molecule has 1 aromatic rings. The summed E-state index contributed by atoms with van der Waals surface area (Å²) in [6, 6.07) is 6.67. The van der Waals surface area contributed by atoms with E-state index >= 15 is 0 Å². The van der Waals surface area contributed by atoms with E-state index in [9.17, 15) is 9.59 Å². The van der Waals surface area contributed by atoms with Crippen molar-refractivity contribution in [2.24, 2.45) is 11.7 Å². The first-order valence-corrected chi connectivity index (χ1v) is 8.40. The highest BCUT2D eigenvalue weighted by Crippen LogP contribution is 2.16. The molecule has 2 rings (SSSR count). The van der Waals surface area contributed by atoms with Crippen LogP contribution in [0.25, 0.3) is 0 Å². The minimum atomic E-state index is -0.453. The highest BCUT2D eigenvalue weighted by Gasteiger charge is 2.27. The maximum atomic E-state index is 12.6. The average molecular weight is 333 g/mol. The van der Waals surface area contributed by atoms with Crippen LogP contribution < -0.4 is 10.5 Å². The zero-order valence-corrected chi connectivity index (χ0v) is 14.7. The van der Waals surface area contributed by atoms with Crippen molar-refractivity contribution in [1.29, 1.82) is 0 Å². The summed E-state index contributed by atoms with van der Waals surface area (Å²) in [4.78, 5) is 28.4. The molecular formula is C18H27N3O3. The summed E-state index contributed by atoms with van der Waals surface area (Å²) < 4.78 is 5.16. The fourth-order valence-corrected chi connectivity index (χ4v) is 2.91. The molecule has 0 aromatic heterocycles. The Kier molecular flexibility index (Phi) is 6.20. The molecule has 1 saturated heterocycles. The summed E-state index contributed by atoms with van der Waals surface area (Å²) in [5.74, 6) is 0.999. The van der Waals surface area contributed by atoms with Gasteiger partial charge in [-0.15, -0.1) is 0 Å². The second kappa shape index (κ2) is 8.15. The number of hydrogen-bond donors (Lipinski definition) is 1. The normalized spacial score (nSPS) is 16.2. The Bertz CT molecular complexity index is 581. The Morgan fingerprint density at radius 2 is 1.79 bits per heavy atom. The molecule has 24 heavy (non-hydrogen) atoms. The molecule has 2 amide bonds. The first-order chi connectivity index (χ1) is 11.4. The monoisotopic (exact) mass is 333 g/mol. The van der Waals surface area contributed by atoms with Crippen molar-refractivity contribution in [2.75, 3.05) is 33.3 Å². The summed E-state index contributed by atoms with van der Waals surface area (Å²) in [6.45, 7) is 6.21. The van der Waals surface area contributed by atoms with Crippen LogP contribution in [0.15, 0.2) is 24.3 Å².